The lowest BCUT2D eigenvalue weighted by Gasteiger charge is -2.48. The minimum atomic E-state index is -0.113. The van der Waals surface area contributed by atoms with E-state index in [2.05, 4.69) is 32.5 Å². The molecule has 0 unspecified atom stereocenters. The summed E-state index contributed by atoms with van der Waals surface area (Å²) in [5.41, 5.74) is 2.57. The number of ether oxygens (including phenoxy) is 2. The number of nitrogens with zero attached hydrogens (tertiary/aromatic N) is 2. The van der Waals surface area contributed by atoms with Crippen LogP contribution in [-0.2, 0) is 11.3 Å². The van der Waals surface area contributed by atoms with Crippen molar-refractivity contribution in [3.63, 3.8) is 0 Å². The number of carbonyl (C=O) groups excluding carboxylic acids is 1. The van der Waals surface area contributed by atoms with Crippen molar-refractivity contribution >= 4 is 16.8 Å². The quantitative estimate of drug-likeness (QED) is 0.681. The first-order chi connectivity index (χ1) is 14.7. The smallest absolute Gasteiger partial charge is 0.272 e. The van der Waals surface area contributed by atoms with Crippen molar-refractivity contribution in [3.8, 4) is 5.75 Å². The van der Waals surface area contributed by atoms with Gasteiger partial charge in [-0.25, -0.2) is 0 Å². The normalized spacial score (nSPS) is 24.0. The van der Waals surface area contributed by atoms with Gasteiger partial charge in [0.05, 0.1) is 25.8 Å². The van der Waals surface area contributed by atoms with Gasteiger partial charge in [-0.2, -0.15) is 5.10 Å². The molecule has 0 spiro atoms. The number of amides is 1. The molecule has 5 rings (SSSR count). The molecule has 3 aromatic rings. The number of fused-ring (bicyclic) bond motifs is 3. The number of methoxy groups -OCH3 is 1. The Bertz CT molecular complexity index is 1040. The number of hydrogen-bond donors (Lipinski definition) is 2. The minimum absolute atomic E-state index is 0.113. The zero-order valence-corrected chi connectivity index (χ0v) is 17.0. The van der Waals surface area contributed by atoms with Crippen LogP contribution >= 0.6 is 0 Å². The predicted octanol–water partition coefficient (Wildman–Crippen LogP) is 2.73. The summed E-state index contributed by atoms with van der Waals surface area (Å²) >= 11 is 0. The standard InChI is InChI=1S/C23H26N4O3/c1-29-19-6-4-5-15(9-19)12-27-17-10-16(11-18(27)14-30-13-17)24-23(28)22-20-7-2-3-8-21(20)25-26-22/h2-9,16-18H,10-14H2,1H3,(H,24,28)(H,25,26)/t16-,17-,18+. The molecule has 1 amide bonds. The Morgan fingerprint density at radius 3 is 2.80 bits per heavy atom. The minimum Gasteiger partial charge on any atom is -0.497 e. The van der Waals surface area contributed by atoms with E-state index in [1.165, 1.54) is 5.56 Å². The van der Waals surface area contributed by atoms with E-state index in [1.807, 2.05) is 36.4 Å². The number of rotatable bonds is 5. The Morgan fingerprint density at radius 1 is 1.20 bits per heavy atom. The lowest BCUT2D eigenvalue weighted by atomic mass is 9.89. The number of carbonyl (C=O) groups is 1. The third kappa shape index (κ3) is 3.66. The summed E-state index contributed by atoms with van der Waals surface area (Å²) in [6, 6.07) is 16.6. The van der Waals surface area contributed by atoms with E-state index < -0.39 is 0 Å². The summed E-state index contributed by atoms with van der Waals surface area (Å²) in [6.45, 7) is 2.25. The van der Waals surface area contributed by atoms with Crippen LogP contribution in [0.4, 0.5) is 0 Å². The zero-order chi connectivity index (χ0) is 20.5. The molecule has 1 aromatic heterocycles. The summed E-state index contributed by atoms with van der Waals surface area (Å²) in [5, 5.41) is 11.3. The van der Waals surface area contributed by atoms with Crippen molar-refractivity contribution in [2.45, 2.75) is 37.5 Å². The van der Waals surface area contributed by atoms with Crippen molar-refractivity contribution in [3.05, 3.63) is 59.8 Å². The third-order valence-electron chi connectivity index (χ3n) is 6.19. The summed E-state index contributed by atoms with van der Waals surface area (Å²) in [4.78, 5) is 15.4. The summed E-state index contributed by atoms with van der Waals surface area (Å²) in [7, 11) is 1.69. The average molecular weight is 406 g/mol. The van der Waals surface area contributed by atoms with Gasteiger partial charge in [0.1, 0.15) is 5.75 Å². The van der Waals surface area contributed by atoms with Gasteiger partial charge in [-0.3, -0.25) is 14.8 Å². The van der Waals surface area contributed by atoms with Crippen molar-refractivity contribution in [1.29, 1.82) is 0 Å². The summed E-state index contributed by atoms with van der Waals surface area (Å²) in [5.74, 6) is 0.764. The fraction of sp³-hybridized carbons (Fsp3) is 0.391. The van der Waals surface area contributed by atoms with E-state index >= 15 is 0 Å². The second-order valence-electron chi connectivity index (χ2n) is 8.13. The van der Waals surface area contributed by atoms with Gasteiger partial charge in [-0.05, 0) is 36.6 Å². The second-order valence-corrected chi connectivity index (χ2v) is 8.13. The van der Waals surface area contributed by atoms with Crippen molar-refractivity contribution < 1.29 is 14.3 Å². The predicted molar refractivity (Wildman–Crippen MR) is 114 cm³/mol. The average Bonchev–Trinajstić information content (AvgIpc) is 3.19. The van der Waals surface area contributed by atoms with Crippen LogP contribution in [0.15, 0.2) is 48.5 Å². The van der Waals surface area contributed by atoms with Gasteiger partial charge in [0.2, 0.25) is 0 Å². The number of para-hydroxylation sites is 1. The third-order valence-corrected chi connectivity index (χ3v) is 6.19. The highest BCUT2D eigenvalue weighted by Crippen LogP contribution is 2.30. The molecule has 2 aliphatic heterocycles. The molecule has 3 heterocycles. The van der Waals surface area contributed by atoms with Crippen molar-refractivity contribution in [1.82, 2.24) is 20.4 Å². The highest BCUT2D eigenvalue weighted by molar-refractivity contribution is 6.04. The monoisotopic (exact) mass is 406 g/mol. The molecule has 7 heteroatoms. The maximum absolute atomic E-state index is 12.9. The Labute approximate surface area is 175 Å². The van der Waals surface area contributed by atoms with Gasteiger partial charge in [0.25, 0.3) is 5.91 Å². The van der Waals surface area contributed by atoms with Crippen molar-refractivity contribution in [2.24, 2.45) is 0 Å². The first kappa shape index (κ1) is 19.1. The van der Waals surface area contributed by atoms with E-state index in [0.717, 1.165) is 36.0 Å². The number of piperidine rings is 1. The van der Waals surface area contributed by atoms with Crippen LogP contribution in [0.3, 0.4) is 0 Å². The lowest BCUT2D eigenvalue weighted by Crippen LogP contribution is -2.60. The van der Waals surface area contributed by atoms with Crippen LogP contribution in [-0.4, -0.2) is 59.5 Å². The van der Waals surface area contributed by atoms with E-state index in [9.17, 15) is 4.79 Å². The molecule has 3 atom stereocenters. The molecular weight excluding hydrogens is 380 g/mol. The molecule has 7 nitrogen and oxygen atoms in total. The highest BCUT2D eigenvalue weighted by Gasteiger charge is 2.39. The number of morpholine rings is 1. The lowest BCUT2D eigenvalue weighted by molar-refractivity contribution is -0.0843. The van der Waals surface area contributed by atoms with Gasteiger partial charge in [0, 0.05) is 30.1 Å². The fourth-order valence-corrected chi connectivity index (χ4v) is 4.74. The summed E-state index contributed by atoms with van der Waals surface area (Å²) in [6.07, 6.45) is 1.74. The Balaban J connectivity index is 1.28. The van der Waals surface area contributed by atoms with E-state index in [-0.39, 0.29) is 24.0 Å². The van der Waals surface area contributed by atoms with Crippen LogP contribution in [0, 0.1) is 0 Å². The molecule has 0 saturated carbocycles. The van der Waals surface area contributed by atoms with Crippen LogP contribution in [0.5, 0.6) is 5.75 Å². The van der Waals surface area contributed by atoms with E-state index in [1.54, 1.807) is 7.11 Å². The Kier molecular flexibility index (Phi) is 5.14. The number of benzene rings is 2. The molecule has 2 saturated heterocycles. The molecule has 156 valence electrons. The molecular formula is C23H26N4O3. The number of nitrogens with one attached hydrogen (secondary N) is 2. The summed E-state index contributed by atoms with van der Waals surface area (Å²) < 4.78 is 11.2. The number of H-pyrrole nitrogens is 1. The first-order valence-electron chi connectivity index (χ1n) is 10.4. The molecule has 0 radical (unpaired) electrons. The zero-order valence-electron chi connectivity index (χ0n) is 17.0. The maximum Gasteiger partial charge on any atom is 0.272 e. The molecule has 2 fully saturated rings. The number of aromatic nitrogens is 2. The second kappa shape index (κ2) is 8.08. The highest BCUT2D eigenvalue weighted by atomic mass is 16.5. The molecule has 30 heavy (non-hydrogen) atoms. The Morgan fingerprint density at radius 2 is 2.00 bits per heavy atom. The first-order valence-corrected chi connectivity index (χ1v) is 10.4. The van der Waals surface area contributed by atoms with Gasteiger partial charge < -0.3 is 14.8 Å². The van der Waals surface area contributed by atoms with Crippen LogP contribution < -0.4 is 10.1 Å². The van der Waals surface area contributed by atoms with Gasteiger partial charge in [-0.15, -0.1) is 0 Å². The molecule has 2 aliphatic rings. The Hall–Kier alpha value is -2.90. The molecule has 2 bridgehead atoms. The van der Waals surface area contributed by atoms with Crippen LogP contribution in [0.2, 0.25) is 0 Å². The number of aromatic amines is 1. The van der Waals surface area contributed by atoms with Crippen LogP contribution in [0.25, 0.3) is 10.9 Å². The van der Waals surface area contributed by atoms with Gasteiger partial charge in [-0.1, -0.05) is 30.3 Å². The fourth-order valence-electron chi connectivity index (χ4n) is 4.74. The largest absolute Gasteiger partial charge is 0.497 e. The van der Waals surface area contributed by atoms with Crippen molar-refractivity contribution in [2.75, 3.05) is 20.3 Å². The van der Waals surface area contributed by atoms with Gasteiger partial charge in [0.15, 0.2) is 5.69 Å². The molecule has 0 aliphatic carbocycles. The maximum atomic E-state index is 12.9. The molecule has 2 aromatic carbocycles. The number of hydrogen-bond acceptors (Lipinski definition) is 5. The van der Waals surface area contributed by atoms with E-state index in [0.29, 0.717) is 18.9 Å². The van der Waals surface area contributed by atoms with E-state index in [4.69, 9.17) is 9.47 Å². The molecule has 2 N–H and O–H groups in total. The SMILES string of the molecule is COc1cccc(CN2[C@@H]3COC[C@H]2C[C@@H](NC(=O)c2n[nH]c4ccccc24)C3)c1. The van der Waals surface area contributed by atoms with Crippen LogP contribution in [0.1, 0.15) is 28.9 Å². The topological polar surface area (TPSA) is 79.5 Å². The van der Waals surface area contributed by atoms with Gasteiger partial charge >= 0.3 is 0 Å².